The number of carbonyl (C=O) groups is 1. The van der Waals surface area contributed by atoms with Crippen LogP contribution in [0.2, 0.25) is 0 Å². The number of ether oxygens (including phenoxy) is 2. The molecule has 0 saturated carbocycles. The Morgan fingerprint density at radius 1 is 1.15 bits per heavy atom. The van der Waals surface area contributed by atoms with E-state index in [1.54, 1.807) is 43.1 Å². The minimum atomic E-state index is -0.389. The summed E-state index contributed by atoms with van der Waals surface area (Å²) < 4.78 is 26.4. The van der Waals surface area contributed by atoms with Gasteiger partial charge in [0.15, 0.2) is 11.5 Å². The lowest BCUT2D eigenvalue weighted by Gasteiger charge is -2.24. The molecule has 1 aliphatic heterocycles. The molecule has 1 atom stereocenters. The van der Waals surface area contributed by atoms with Crippen LogP contribution in [0, 0.1) is 5.82 Å². The smallest absolute Gasteiger partial charge is 0.226 e. The highest BCUT2D eigenvalue weighted by Crippen LogP contribution is 2.40. The fraction of sp³-hybridized carbons (Fsp3) is 0.200. The van der Waals surface area contributed by atoms with Gasteiger partial charge >= 0.3 is 0 Å². The molecule has 1 aromatic heterocycles. The second-order valence-corrected chi connectivity index (χ2v) is 6.22. The number of amides is 1. The van der Waals surface area contributed by atoms with Gasteiger partial charge in [-0.3, -0.25) is 9.36 Å². The molecule has 0 unspecified atom stereocenters. The fourth-order valence-corrected chi connectivity index (χ4v) is 3.38. The molecule has 27 heavy (non-hydrogen) atoms. The fourth-order valence-electron chi connectivity index (χ4n) is 3.38. The number of aromatic nitrogens is 2. The molecule has 1 amide bonds. The number of methoxy groups -OCH3 is 2. The Balaban J connectivity index is 1.81. The predicted molar refractivity (Wildman–Crippen MR) is 98.2 cm³/mol. The van der Waals surface area contributed by atoms with E-state index in [4.69, 9.17) is 9.47 Å². The molecule has 7 heteroatoms. The van der Waals surface area contributed by atoms with Crippen molar-refractivity contribution in [1.82, 2.24) is 9.55 Å². The van der Waals surface area contributed by atoms with Crippen LogP contribution < -0.4 is 14.8 Å². The number of rotatable bonds is 4. The van der Waals surface area contributed by atoms with E-state index in [0.29, 0.717) is 28.7 Å². The number of hydrogen-bond donors (Lipinski definition) is 1. The van der Waals surface area contributed by atoms with E-state index in [9.17, 15) is 9.18 Å². The SMILES string of the molecule is COc1ccc([C@H]2CC(=O)Nc3c2ncn3-c2ccccc2F)cc1OC. The van der Waals surface area contributed by atoms with Gasteiger partial charge in [0, 0.05) is 12.3 Å². The van der Waals surface area contributed by atoms with E-state index in [1.165, 1.54) is 12.4 Å². The Hall–Kier alpha value is -3.35. The number of para-hydroxylation sites is 1. The molecule has 1 aliphatic rings. The molecule has 138 valence electrons. The molecule has 0 radical (unpaired) electrons. The number of halogens is 1. The van der Waals surface area contributed by atoms with Crippen molar-refractivity contribution < 1.29 is 18.7 Å². The summed E-state index contributed by atoms with van der Waals surface area (Å²) in [6.45, 7) is 0. The van der Waals surface area contributed by atoms with Crippen molar-refractivity contribution in [3.8, 4) is 17.2 Å². The van der Waals surface area contributed by atoms with Gasteiger partial charge in [-0.2, -0.15) is 0 Å². The quantitative estimate of drug-likeness (QED) is 0.766. The molecule has 1 N–H and O–H groups in total. The van der Waals surface area contributed by atoms with E-state index in [2.05, 4.69) is 10.3 Å². The Morgan fingerprint density at radius 3 is 2.67 bits per heavy atom. The number of benzene rings is 2. The lowest BCUT2D eigenvalue weighted by Crippen LogP contribution is -2.25. The molecule has 2 aromatic carbocycles. The third-order valence-corrected chi connectivity index (χ3v) is 4.70. The third-order valence-electron chi connectivity index (χ3n) is 4.70. The number of fused-ring (bicyclic) bond motifs is 1. The summed E-state index contributed by atoms with van der Waals surface area (Å²) in [4.78, 5) is 16.8. The number of imidazole rings is 1. The van der Waals surface area contributed by atoms with E-state index in [-0.39, 0.29) is 24.1 Å². The summed E-state index contributed by atoms with van der Waals surface area (Å²) in [5, 5.41) is 2.82. The summed E-state index contributed by atoms with van der Waals surface area (Å²) in [7, 11) is 3.13. The highest BCUT2D eigenvalue weighted by Gasteiger charge is 2.31. The van der Waals surface area contributed by atoms with Crippen LogP contribution in [0.5, 0.6) is 11.5 Å². The van der Waals surface area contributed by atoms with Gasteiger partial charge in [-0.1, -0.05) is 18.2 Å². The van der Waals surface area contributed by atoms with Crippen molar-refractivity contribution >= 4 is 11.7 Å². The molecule has 0 aliphatic carbocycles. The largest absolute Gasteiger partial charge is 0.493 e. The van der Waals surface area contributed by atoms with Crippen molar-refractivity contribution in [2.45, 2.75) is 12.3 Å². The minimum absolute atomic E-state index is 0.152. The number of anilines is 1. The zero-order valence-electron chi connectivity index (χ0n) is 14.9. The Morgan fingerprint density at radius 2 is 1.93 bits per heavy atom. The van der Waals surface area contributed by atoms with Crippen LogP contribution in [-0.2, 0) is 4.79 Å². The second-order valence-electron chi connectivity index (χ2n) is 6.22. The van der Waals surface area contributed by atoms with E-state index < -0.39 is 0 Å². The molecule has 0 spiro atoms. The monoisotopic (exact) mass is 367 g/mol. The highest BCUT2D eigenvalue weighted by molar-refractivity contribution is 5.94. The van der Waals surface area contributed by atoms with Crippen molar-refractivity contribution in [2.24, 2.45) is 0 Å². The summed E-state index contributed by atoms with van der Waals surface area (Å²) >= 11 is 0. The van der Waals surface area contributed by atoms with Gasteiger partial charge in [0.05, 0.1) is 25.6 Å². The van der Waals surface area contributed by atoms with Gasteiger partial charge in [0.1, 0.15) is 18.0 Å². The lowest BCUT2D eigenvalue weighted by molar-refractivity contribution is -0.116. The first-order chi connectivity index (χ1) is 13.1. The Bertz CT molecular complexity index is 1020. The van der Waals surface area contributed by atoms with Crippen LogP contribution in [0.1, 0.15) is 23.6 Å². The van der Waals surface area contributed by atoms with E-state index >= 15 is 0 Å². The summed E-state index contributed by atoms with van der Waals surface area (Å²) in [6.07, 6.45) is 1.78. The number of nitrogens with zero attached hydrogens (tertiary/aromatic N) is 2. The maximum atomic E-state index is 14.2. The van der Waals surface area contributed by atoms with Crippen molar-refractivity contribution in [3.63, 3.8) is 0 Å². The molecular formula is C20H18FN3O3. The third kappa shape index (κ3) is 2.91. The standard InChI is InChI=1S/C20H18FN3O3/c1-26-16-8-7-12(9-17(16)27-2)13-10-18(25)23-20-19(13)22-11-24(20)15-6-4-3-5-14(15)21/h3-9,11,13H,10H2,1-2H3,(H,23,25)/t13-/m1/s1. The highest BCUT2D eigenvalue weighted by atomic mass is 19.1. The molecule has 0 fully saturated rings. The van der Waals surface area contributed by atoms with Crippen LogP contribution in [0.15, 0.2) is 48.8 Å². The molecule has 0 saturated heterocycles. The molecule has 2 heterocycles. The molecule has 0 bridgehead atoms. The normalized spacial score (nSPS) is 15.8. The second kappa shape index (κ2) is 6.75. The van der Waals surface area contributed by atoms with E-state index in [1.807, 2.05) is 12.1 Å². The topological polar surface area (TPSA) is 65.4 Å². The van der Waals surface area contributed by atoms with Crippen LogP contribution in [-0.4, -0.2) is 29.7 Å². The first-order valence-corrected chi connectivity index (χ1v) is 8.46. The zero-order chi connectivity index (χ0) is 19.0. The van der Waals surface area contributed by atoms with Gasteiger partial charge in [0.2, 0.25) is 5.91 Å². The molecule has 6 nitrogen and oxygen atoms in total. The van der Waals surface area contributed by atoms with Crippen LogP contribution in [0.25, 0.3) is 5.69 Å². The van der Waals surface area contributed by atoms with Crippen LogP contribution in [0.3, 0.4) is 0 Å². The van der Waals surface area contributed by atoms with Gasteiger partial charge in [-0.25, -0.2) is 9.37 Å². The number of hydrogen-bond acceptors (Lipinski definition) is 4. The summed E-state index contributed by atoms with van der Waals surface area (Å²) in [5.74, 6) is 0.868. The van der Waals surface area contributed by atoms with Crippen LogP contribution in [0.4, 0.5) is 10.2 Å². The predicted octanol–water partition coefficient (Wildman–Crippen LogP) is 3.50. The maximum Gasteiger partial charge on any atom is 0.226 e. The van der Waals surface area contributed by atoms with Crippen LogP contribution >= 0.6 is 0 Å². The Kier molecular flexibility index (Phi) is 4.27. The van der Waals surface area contributed by atoms with Gasteiger partial charge < -0.3 is 14.8 Å². The van der Waals surface area contributed by atoms with Gasteiger partial charge in [-0.15, -0.1) is 0 Å². The first kappa shape index (κ1) is 17.1. The first-order valence-electron chi connectivity index (χ1n) is 8.46. The lowest BCUT2D eigenvalue weighted by atomic mass is 9.89. The van der Waals surface area contributed by atoms with Crippen molar-refractivity contribution in [3.05, 3.63) is 65.9 Å². The van der Waals surface area contributed by atoms with Crippen molar-refractivity contribution in [2.75, 3.05) is 19.5 Å². The maximum absolute atomic E-state index is 14.2. The van der Waals surface area contributed by atoms with Gasteiger partial charge in [0.25, 0.3) is 0 Å². The molecular weight excluding hydrogens is 349 g/mol. The Labute approximate surface area is 155 Å². The van der Waals surface area contributed by atoms with Crippen molar-refractivity contribution in [1.29, 1.82) is 0 Å². The van der Waals surface area contributed by atoms with Gasteiger partial charge in [-0.05, 0) is 29.8 Å². The number of nitrogens with one attached hydrogen (secondary N) is 1. The molecule has 4 rings (SSSR count). The van der Waals surface area contributed by atoms with E-state index in [0.717, 1.165) is 5.56 Å². The minimum Gasteiger partial charge on any atom is -0.493 e. The number of carbonyl (C=O) groups excluding carboxylic acids is 1. The summed E-state index contributed by atoms with van der Waals surface area (Å²) in [5.41, 5.74) is 1.90. The average molecular weight is 367 g/mol. The molecule has 3 aromatic rings. The zero-order valence-corrected chi connectivity index (χ0v) is 14.9. The summed E-state index contributed by atoms with van der Waals surface area (Å²) in [6, 6.07) is 11.9. The average Bonchev–Trinajstić information content (AvgIpc) is 3.10.